The van der Waals surface area contributed by atoms with Crippen LogP contribution in [0.3, 0.4) is 0 Å². The molecule has 172 valence electrons. The molecule has 0 N–H and O–H groups in total. The van der Waals surface area contributed by atoms with Crippen LogP contribution < -0.4 is 9.64 Å². The van der Waals surface area contributed by atoms with E-state index in [1.165, 1.54) is 35.2 Å². The number of hydrogen-bond donors (Lipinski definition) is 0. The van der Waals surface area contributed by atoms with Crippen molar-refractivity contribution in [1.29, 1.82) is 0 Å². The zero-order chi connectivity index (χ0) is 23.1. The van der Waals surface area contributed by atoms with Gasteiger partial charge in [0.25, 0.3) is 0 Å². The Hall–Kier alpha value is -2.88. The van der Waals surface area contributed by atoms with E-state index in [0.717, 1.165) is 0 Å². The standard InChI is InChI=1S/C22H21F5N2O3/c1-14(21(12-32-21)17-4-2-3-5-18(17)23)28-10-11-29(20(28)30)15-6-8-16(9-7-15)31-13-22(26,27)19(24)25/h2-9,14,19H,10-13H2,1H3/t14-,21+/m1/s1. The first-order valence-electron chi connectivity index (χ1n) is 10.0. The number of nitrogens with zero attached hydrogens (tertiary/aromatic N) is 2. The van der Waals surface area contributed by atoms with Crippen LogP contribution in [0.15, 0.2) is 48.5 Å². The number of carbonyl (C=O) groups is 1. The molecule has 2 heterocycles. The van der Waals surface area contributed by atoms with Crippen molar-refractivity contribution >= 4 is 11.7 Å². The van der Waals surface area contributed by atoms with Gasteiger partial charge in [-0.3, -0.25) is 4.90 Å². The molecule has 2 aliphatic heterocycles. The van der Waals surface area contributed by atoms with Gasteiger partial charge in [0.05, 0.1) is 12.6 Å². The van der Waals surface area contributed by atoms with Crippen molar-refractivity contribution in [3.05, 3.63) is 59.9 Å². The van der Waals surface area contributed by atoms with Crippen LogP contribution in [0, 0.1) is 5.82 Å². The Bertz CT molecular complexity index is 982. The maximum absolute atomic E-state index is 14.3. The van der Waals surface area contributed by atoms with Crippen LogP contribution in [0.5, 0.6) is 5.75 Å². The van der Waals surface area contributed by atoms with Gasteiger partial charge in [0.2, 0.25) is 0 Å². The molecule has 0 saturated carbocycles. The summed E-state index contributed by atoms with van der Waals surface area (Å²) >= 11 is 0. The minimum atomic E-state index is -4.25. The lowest BCUT2D eigenvalue weighted by Crippen LogP contribution is -2.45. The number of anilines is 1. The van der Waals surface area contributed by atoms with Gasteiger partial charge in [-0.05, 0) is 37.3 Å². The van der Waals surface area contributed by atoms with Crippen LogP contribution in [-0.4, -0.2) is 55.6 Å². The molecule has 0 spiro atoms. The molecule has 2 aromatic carbocycles. The van der Waals surface area contributed by atoms with E-state index in [1.807, 2.05) is 0 Å². The smallest absolute Gasteiger partial charge is 0.340 e. The molecule has 2 saturated heterocycles. The number of urea groups is 1. The van der Waals surface area contributed by atoms with Crippen LogP contribution in [0.1, 0.15) is 12.5 Å². The minimum Gasteiger partial charge on any atom is -0.487 e. The molecule has 2 aliphatic rings. The Morgan fingerprint density at radius 2 is 1.78 bits per heavy atom. The first-order chi connectivity index (χ1) is 15.2. The van der Waals surface area contributed by atoms with E-state index in [9.17, 15) is 26.7 Å². The summed E-state index contributed by atoms with van der Waals surface area (Å²) in [6, 6.07) is 11.2. The highest BCUT2D eigenvalue weighted by Crippen LogP contribution is 2.46. The number of carbonyl (C=O) groups excluding carboxylic acids is 1. The number of hydrogen-bond acceptors (Lipinski definition) is 3. The summed E-state index contributed by atoms with van der Waals surface area (Å²) in [5.41, 5.74) is 0.000139. The molecule has 0 radical (unpaired) electrons. The molecular formula is C22H21F5N2O3. The molecule has 10 heteroatoms. The first-order valence-corrected chi connectivity index (χ1v) is 10.0. The number of epoxide rings is 1. The molecule has 2 atom stereocenters. The maximum atomic E-state index is 14.3. The number of amides is 2. The SMILES string of the molecule is C[C@@H](N1CCN(c2ccc(OCC(F)(F)C(F)F)cc2)C1=O)[C@]1(c2ccccc2F)CO1. The molecule has 5 nitrogen and oxygen atoms in total. The number of rotatable bonds is 8. The lowest BCUT2D eigenvalue weighted by molar-refractivity contribution is -0.148. The highest BCUT2D eigenvalue weighted by molar-refractivity contribution is 5.94. The largest absolute Gasteiger partial charge is 0.487 e. The van der Waals surface area contributed by atoms with Gasteiger partial charge in [0.1, 0.15) is 17.2 Å². The molecule has 2 amide bonds. The van der Waals surface area contributed by atoms with Crippen molar-refractivity contribution in [3.8, 4) is 5.75 Å². The number of alkyl halides is 4. The van der Waals surface area contributed by atoms with E-state index in [0.29, 0.717) is 30.9 Å². The van der Waals surface area contributed by atoms with Crippen LogP contribution in [-0.2, 0) is 10.3 Å². The fourth-order valence-electron chi connectivity index (χ4n) is 3.87. The molecule has 0 aliphatic carbocycles. The van der Waals surface area contributed by atoms with Crippen LogP contribution in [0.25, 0.3) is 0 Å². The Labute approximate surface area is 181 Å². The predicted molar refractivity (Wildman–Crippen MR) is 106 cm³/mol. The predicted octanol–water partition coefficient (Wildman–Crippen LogP) is 4.66. The van der Waals surface area contributed by atoms with Crippen molar-refractivity contribution in [3.63, 3.8) is 0 Å². The minimum absolute atomic E-state index is 0.0177. The highest BCUT2D eigenvalue weighted by atomic mass is 19.3. The van der Waals surface area contributed by atoms with Crippen molar-refractivity contribution in [2.75, 3.05) is 31.2 Å². The number of benzene rings is 2. The van der Waals surface area contributed by atoms with Gasteiger partial charge in [0.15, 0.2) is 6.61 Å². The third kappa shape index (κ3) is 3.99. The topological polar surface area (TPSA) is 45.3 Å². The van der Waals surface area contributed by atoms with Crippen molar-refractivity contribution in [2.24, 2.45) is 0 Å². The van der Waals surface area contributed by atoms with E-state index >= 15 is 0 Å². The lowest BCUT2D eigenvalue weighted by atomic mass is 9.91. The number of ether oxygens (including phenoxy) is 2. The Balaban J connectivity index is 1.43. The van der Waals surface area contributed by atoms with Gasteiger partial charge in [0, 0.05) is 24.3 Å². The monoisotopic (exact) mass is 456 g/mol. The van der Waals surface area contributed by atoms with E-state index in [4.69, 9.17) is 9.47 Å². The second-order valence-electron chi connectivity index (χ2n) is 7.81. The van der Waals surface area contributed by atoms with Crippen LogP contribution in [0.2, 0.25) is 0 Å². The van der Waals surface area contributed by atoms with Gasteiger partial charge in [-0.1, -0.05) is 18.2 Å². The molecule has 0 aromatic heterocycles. The van der Waals surface area contributed by atoms with E-state index in [1.54, 1.807) is 30.0 Å². The van der Waals surface area contributed by atoms with Crippen molar-refractivity contribution in [1.82, 2.24) is 4.90 Å². The normalized spacial score (nSPS) is 21.9. The van der Waals surface area contributed by atoms with Crippen molar-refractivity contribution < 1.29 is 36.2 Å². The van der Waals surface area contributed by atoms with E-state index in [-0.39, 0.29) is 11.8 Å². The molecule has 0 bridgehead atoms. The van der Waals surface area contributed by atoms with Crippen molar-refractivity contribution in [2.45, 2.75) is 30.9 Å². The summed E-state index contributed by atoms with van der Waals surface area (Å²) in [4.78, 5) is 16.1. The summed E-state index contributed by atoms with van der Waals surface area (Å²) in [6.07, 6.45) is -3.82. The highest BCUT2D eigenvalue weighted by Gasteiger charge is 2.56. The van der Waals surface area contributed by atoms with E-state index < -0.39 is 36.4 Å². The molecule has 2 aromatic rings. The first kappa shape index (κ1) is 22.3. The van der Waals surface area contributed by atoms with Crippen LogP contribution >= 0.6 is 0 Å². The fourth-order valence-corrected chi connectivity index (χ4v) is 3.87. The summed E-state index contributed by atoms with van der Waals surface area (Å²) < 4.78 is 75.2. The fraction of sp³-hybridized carbons (Fsp3) is 0.409. The molecule has 2 fully saturated rings. The Morgan fingerprint density at radius 3 is 2.38 bits per heavy atom. The van der Waals surface area contributed by atoms with Crippen LogP contribution in [0.4, 0.5) is 32.4 Å². The zero-order valence-corrected chi connectivity index (χ0v) is 17.1. The van der Waals surface area contributed by atoms with Gasteiger partial charge >= 0.3 is 18.4 Å². The Kier molecular flexibility index (Phi) is 5.74. The van der Waals surface area contributed by atoms with Gasteiger partial charge in [-0.15, -0.1) is 0 Å². The third-order valence-corrected chi connectivity index (χ3v) is 5.87. The summed E-state index contributed by atoms with van der Waals surface area (Å²) in [5, 5.41) is 0. The summed E-state index contributed by atoms with van der Waals surface area (Å²) in [6.45, 7) is 1.41. The quantitative estimate of drug-likeness (QED) is 0.429. The molecule has 4 rings (SSSR count). The van der Waals surface area contributed by atoms with E-state index in [2.05, 4.69) is 0 Å². The Morgan fingerprint density at radius 1 is 1.12 bits per heavy atom. The second kappa shape index (κ2) is 8.23. The third-order valence-electron chi connectivity index (χ3n) is 5.87. The average molecular weight is 456 g/mol. The summed E-state index contributed by atoms with van der Waals surface area (Å²) in [7, 11) is 0. The molecular weight excluding hydrogens is 435 g/mol. The molecule has 32 heavy (non-hydrogen) atoms. The van der Waals surface area contributed by atoms with Gasteiger partial charge < -0.3 is 14.4 Å². The average Bonchev–Trinajstić information content (AvgIpc) is 3.49. The lowest BCUT2D eigenvalue weighted by Gasteiger charge is -2.30. The number of halogens is 5. The maximum Gasteiger partial charge on any atom is 0.340 e. The van der Waals surface area contributed by atoms with Gasteiger partial charge in [-0.2, -0.15) is 8.78 Å². The summed E-state index contributed by atoms with van der Waals surface area (Å²) in [5.74, 6) is -4.66. The molecule has 0 unspecified atom stereocenters. The zero-order valence-electron chi connectivity index (χ0n) is 17.1. The second-order valence-corrected chi connectivity index (χ2v) is 7.81. The van der Waals surface area contributed by atoms with Gasteiger partial charge in [-0.25, -0.2) is 18.0 Å².